The zero-order valence-electron chi connectivity index (χ0n) is 52.9. The van der Waals surface area contributed by atoms with E-state index in [0.717, 1.165) is 0 Å². The standard InChI is InChI=1S/C57H94N10O29S/c1-27(25-97)62-53(92)32(10-14-42(79)60-20-36(73)48(87)51(90)39(76)23-69)65-57(96)34(12-16-46(84)85)67-56(95)33(11-15-43(80)61-21-37(74)49(88)52(91)40(77)24-70)66-54(93)30(3-2-4-45(82)83)64-55(94)31(63-44(81)17-28-5-7-29(8-6-28)18-58-26-71)9-13-41(78)59-19-35(72)47(86)50(89)38(75)22-68/h5-8,26-27,30-40,47-52,68-70,72-77,86-91,97H,2-4,9-25H2,1H3,(H,58,71)(H,59,78)(H,60,79)(H,61,80)(H,62,92)(H,63,81)(H,64,94)(H,65,96)(H,66,93)(H,67,95)(H,82,83)(H,84,85)/t27-,30+,31-,32-,33-,34+,35-,36-,37-,38+,39+,40+,47+,48+,49+,50+,51+,52+/m0/s1. The van der Waals surface area contributed by atoms with Crippen molar-refractivity contribution < 1.29 is 144 Å². The minimum absolute atomic E-state index is 0.0299. The molecule has 1 rings (SSSR count). The number of hydrogen-bond acceptors (Lipinski definition) is 28. The summed E-state index contributed by atoms with van der Waals surface area (Å²) in [5.41, 5.74) is 0.988. The minimum atomic E-state index is -2.16. The van der Waals surface area contributed by atoms with Crippen LogP contribution < -0.4 is 53.2 Å². The molecule has 0 fully saturated rings. The van der Waals surface area contributed by atoms with Crippen LogP contribution in [0.15, 0.2) is 24.3 Å². The number of benzene rings is 1. The van der Waals surface area contributed by atoms with Gasteiger partial charge in [0.25, 0.3) is 0 Å². The van der Waals surface area contributed by atoms with Gasteiger partial charge in [-0.15, -0.1) is 0 Å². The molecule has 39 nitrogen and oxygen atoms in total. The number of carbonyl (C=O) groups excluding carboxylic acids is 10. The van der Waals surface area contributed by atoms with Crippen molar-refractivity contribution in [2.75, 3.05) is 45.2 Å². The van der Waals surface area contributed by atoms with E-state index in [1.165, 1.54) is 19.1 Å². The normalized spacial score (nSPS) is 17.0. The number of nitrogens with one attached hydrogen (secondary N) is 10. The fraction of sp³-hybridized carbons (Fsp3) is 0.684. The predicted octanol–water partition coefficient (Wildman–Crippen LogP) is -12.5. The molecule has 97 heavy (non-hydrogen) atoms. The molecule has 0 bridgehead atoms. The number of carboxylic acids is 2. The molecule has 27 N–H and O–H groups in total. The van der Waals surface area contributed by atoms with Crippen LogP contribution in [0.4, 0.5) is 0 Å². The topological polar surface area (TPSA) is 669 Å². The molecule has 0 unspecified atom stereocenters. The molecule has 0 spiro atoms. The summed E-state index contributed by atoms with van der Waals surface area (Å²) in [5.74, 6) is -13.0. The Morgan fingerprint density at radius 1 is 0.402 bits per heavy atom. The molecule has 0 aliphatic rings. The van der Waals surface area contributed by atoms with Crippen molar-refractivity contribution in [1.29, 1.82) is 0 Å². The average molecular weight is 1420 g/mol. The van der Waals surface area contributed by atoms with Crippen LogP contribution in [-0.4, -0.2) is 313 Å². The van der Waals surface area contributed by atoms with Gasteiger partial charge < -0.3 is 140 Å². The summed E-state index contributed by atoms with van der Waals surface area (Å²) in [6, 6.07) is -3.97. The highest BCUT2D eigenvalue weighted by Gasteiger charge is 2.37. The van der Waals surface area contributed by atoms with Crippen LogP contribution in [0.3, 0.4) is 0 Å². The van der Waals surface area contributed by atoms with Gasteiger partial charge in [-0.3, -0.25) is 57.5 Å². The third-order valence-corrected chi connectivity index (χ3v) is 15.2. The number of aliphatic hydroxyl groups is 15. The molecule has 0 saturated carbocycles. The van der Waals surface area contributed by atoms with Crippen LogP contribution in [0, 0.1) is 0 Å². The van der Waals surface area contributed by atoms with Crippen molar-refractivity contribution in [2.45, 2.75) is 200 Å². The van der Waals surface area contributed by atoms with Crippen LogP contribution in [0.2, 0.25) is 0 Å². The largest absolute Gasteiger partial charge is 0.481 e. The molecule has 0 aliphatic heterocycles. The van der Waals surface area contributed by atoms with Gasteiger partial charge in [-0.05, 0) is 56.6 Å². The van der Waals surface area contributed by atoms with Crippen molar-refractivity contribution in [2.24, 2.45) is 0 Å². The molecule has 18 atom stereocenters. The zero-order chi connectivity index (χ0) is 73.6. The van der Waals surface area contributed by atoms with Crippen LogP contribution >= 0.6 is 12.6 Å². The van der Waals surface area contributed by atoms with Crippen LogP contribution in [0.25, 0.3) is 0 Å². The maximum atomic E-state index is 14.5. The highest BCUT2D eigenvalue weighted by atomic mass is 32.1. The number of amides is 10. The van der Waals surface area contributed by atoms with Crippen LogP contribution in [0.5, 0.6) is 0 Å². The van der Waals surface area contributed by atoms with E-state index in [4.69, 9.17) is 15.3 Å². The van der Waals surface area contributed by atoms with E-state index >= 15 is 0 Å². The maximum absolute atomic E-state index is 14.5. The van der Waals surface area contributed by atoms with Crippen LogP contribution in [-0.2, 0) is 70.5 Å². The molecule has 0 aliphatic carbocycles. The number of aliphatic hydroxyl groups excluding tert-OH is 15. The third kappa shape index (κ3) is 34.1. The number of rotatable bonds is 51. The van der Waals surface area contributed by atoms with E-state index in [-0.39, 0.29) is 12.3 Å². The lowest BCUT2D eigenvalue weighted by atomic mass is 10.0. The number of thiol groups is 1. The number of carbonyl (C=O) groups is 12. The maximum Gasteiger partial charge on any atom is 0.303 e. The summed E-state index contributed by atoms with van der Waals surface area (Å²) < 4.78 is 0. The fourth-order valence-electron chi connectivity index (χ4n) is 8.71. The lowest BCUT2D eigenvalue weighted by molar-refractivity contribution is -0.139. The highest BCUT2D eigenvalue weighted by Crippen LogP contribution is 2.14. The molecule has 0 radical (unpaired) electrons. The van der Waals surface area contributed by atoms with Crippen molar-refractivity contribution in [3.63, 3.8) is 0 Å². The second-order valence-electron chi connectivity index (χ2n) is 22.6. The Kier molecular flexibility index (Phi) is 42.2. The van der Waals surface area contributed by atoms with Crippen molar-refractivity contribution in [1.82, 2.24) is 53.2 Å². The van der Waals surface area contributed by atoms with Gasteiger partial charge in [-0.25, -0.2) is 0 Å². The molecule has 0 aromatic heterocycles. The Bertz CT molecular complexity index is 2660. The first kappa shape index (κ1) is 87.6. The Morgan fingerprint density at radius 2 is 0.701 bits per heavy atom. The van der Waals surface area contributed by atoms with Gasteiger partial charge in [0.1, 0.15) is 85.1 Å². The van der Waals surface area contributed by atoms with Gasteiger partial charge in [0, 0.05) is 70.1 Å². The summed E-state index contributed by atoms with van der Waals surface area (Å²) in [6.45, 7) is -3.85. The molecule has 1 aromatic rings. The molecular formula is C57H94N10O29S. The molecule has 1 aromatic carbocycles. The van der Waals surface area contributed by atoms with E-state index in [1.807, 2.05) is 0 Å². The Morgan fingerprint density at radius 3 is 1.02 bits per heavy atom. The SMILES string of the molecule is C[C@@H](CS)NC(=O)[C@H](CCC(=O)NC[C@H](O)[C@@H](O)[C@H](O)[C@H](O)CO)NC(=O)[C@@H](CCC(=O)O)NC(=O)[C@H](CCC(=O)NC[C@H](O)[C@@H](O)[C@H](O)[C@H](O)CO)NC(=O)[C@@H](CCCC(=O)O)NC(=O)[C@H](CCC(=O)NC[C@H](O)[C@@H](O)[C@H](O)[C@H](O)CO)NC(=O)Cc1ccc(CNC=O)cc1. The van der Waals surface area contributed by atoms with E-state index in [1.54, 1.807) is 12.1 Å². The Labute approximate surface area is 560 Å². The highest BCUT2D eigenvalue weighted by molar-refractivity contribution is 7.80. The minimum Gasteiger partial charge on any atom is -0.481 e. The molecule has 10 amide bonds. The van der Waals surface area contributed by atoms with Gasteiger partial charge in [0.05, 0.1) is 44.6 Å². The summed E-state index contributed by atoms with van der Waals surface area (Å²) >= 11 is 4.12. The zero-order valence-corrected chi connectivity index (χ0v) is 53.8. The van der Waals surface area contributed by atoms with E-state index < -0.39 is 291 Å². The van der Waals surface area contributed by atoms with Crippen molar-refractivity contribution in [3.8, 4) is 0 Å². The van der Waals surface area contributed by atoms with Gasteiger partial charge in [-0.2, -0.15) is 12.6 Å². The van der Waals surface area contributed by atoms with E-state index in [9.17, 15) is 129 Å². The monoisotopic (exact) mass is 1410 g/mol. The van der Waals surface area contributed by atoms with Gasteiger partial charge >= 0.3 is 11.9 Å². The van der Waals surface area contributed by atoms with E-state index in [2.05, 4.69) is 65.8 Å². The van der Waals surface area contributed by atoms with E-state index in [0.29, 0.717) is 17.5 Å². The number of carboxylic acid groups (broad SMARTS) is 2. The van der Waals surface area contributed by atoms with Crippen LogP contribution in [0.1, 0.15) is 88.7 Å². The molecular weight excluding hydrogens is 1320 g/mol. The first-order valence-electron chi connectivity index (χ1n) is 30.5. The molecule has 0 heterocycles. The molecule has 552 valence electrons. The average Bonchev–Trinajstić information content (AvgIpc) is 0.900. The van der Waals surface area contributed by atoms with Gasteiger partial charge in [0.2, 0.25) is 59.6 Å². The Hall–Kier alpha value is -7.39. The van der Waals surface area contributed by atoms with Gasteiger partial charge in [-0.1, -0.05) is 24.3 Å². The van der Waals surface area contributed by atoms with Crippen molar-refractivity contribution in [3.05, 3.63) is 35.4 Å². The second-order valence-corrected chi connectivity index (χ2v) is 23.0. The summed E-state index contributed by atoms with van der Waals surface area (Å²) in [7, 11) is 0. The molecule has 40 heteroatoms. The van der Waals surface area contributed by atoms with Gasteiger partial charge in [0.15, 0.2) is 0 Å². The Balaban J connectivity index is 3.87. The smallest absolute Gasteiger partial charge is 0.303 e. The quantitative estimate of drug-likeness (QED) is 0.0213. The summed E-state index contributed by atoms with van der Waals surface area (Å²) in [4.78, 5) is 159. The third-order valence-electron chi connectivity index (χ3n) is 14.6. The predicted molar refractivity (Wildman–Crippen MR) is 333 cm³/mol. The lowest BCUT2D eigenvalue weighted by Gasteiger charge is -2.28. The fourth-order valence-corrected chi connectivity index (χ4v) is 8.80. The summed E-state index contributed by atoms with van der Waals surface area (Å²) in [5, 5.41) is 190. The first-order valence-corrected chi connectivity index (χ1v) is 31.2. The second kappa shape index (κ2) is 46.8. The molecule has 0 saturated heterocycles. The number of hydrogen-bond donors (Lipinski definition) is 28. The number of aliphatic carboxylic acids is 2. The lowest BCUT2D eigenvalue weighted by Crippen LogP contribution is -2.59. The van der Waals surface area contributed by atoms with Crippen molar-refractivity contribution >= 4 is 84.1 Å². The summed E-state index contributed by atoms with van der Waals surface area (Å²) in [6.07, 6.45) is -31.7. The first-order chi connectivity index (χ1) is 45.6.